The average Bonchev–Trinajstić information content (AvgIpc) is 3.24. The number of aromatic nitrogens is 3. The average molecular weight is 412 g/mol. The summed E-state index contributed by atoms with van der Waals surface area (Å²) in [4.78, 5) is 37.4. The molecule has 9 nitrogen and oxygen atoms in total. The quantitative estimate of drug-likeness (QED) is 0.763. The summed E-state index contributed by atoms with van der Waals surface area (Å²) in [5.41, 5.74) is 0.199. The highest BCUT2D eigenvalue weighted by Gasteiger charge is 2.47. The van der Waals surface area contributed by atoms with E-state index in [2.05, 4.69) is 20.2 Å². The Balaban J connectivity index is 1.43. The Morgan fingerprint density at radius 3 is 2.73 bits per heavy atom. The van der Waals surface area contributed by atoms with Gasteiger partial charge in [-0.05, 0) is 25.0 Å². The molecule has 0 radical (unpaired) electrons. The van der Waals surface area contributed by atoms with E-state index in [9.17, 15) is 9.59 Å². The molecule has 0 saturated carbocycles. The zero-order chi connectivity index (χ0) is 21.1. The lowest BCUT2D eigenvalue weighted by molar-refractivity contribution is -0.174. The van der Waals surface area contributed by atoms with Crippen LogP contribution in [0.3, 0.4) is 0 Å². The lowest BCUT2D eigenvalue weighted by atomic mass is 9.88. The first-order chi connectivity index (χ1) is 14.5. The third kappa shape index (κ3) is 4.22. The van der Waals surface area contributed by atoms with Crippen LogP contribution < -0.4 is 5.32 Å². The minimum atomic E-state index is -0.605. The summed E-state index contributed by atoms with van der Waals surface area (Å²) in [7, 11) is 3.53. The van der Waals surface area contributed by atoms with Gasteiger partial charge in [0.15, 0.2) is 6.10 Å². The topological polar surface area (TPSA) is 92.6 Å². The Kier molecular flexibility index (Phi) is 5.83. The fraction of sp³-hybridized carbons (Fsp3) is 0.524. The van der Waals surface area contributed by atoms with Crippen molar-refractivity contribution in [2.45, 2.75) is 37.6 Å². The first-order valence-electron chi connectivity index (χ1n) is 10.3. The molecule has 1 atom stereocenters. The van der Waals surface area contributed by atoms with Gasteiger partial charge >= 0.3 is 0 Å². The van der Waals surface area contributed by atoms with Crippen LogP contribution in [0.2, 0.25) is 0 Å². The number of pyridine rings is 1. The fourth-order valence-corrected chi connectivity index (χ4v) is 4.07. The van der Waals surface area contributed by atoms with Crippen molar-refractivity contribution in [3.8, 4) is 0 Å². The monoisotopic (exact) mass is 412 g/mol. The highest BCUT2D eigenvalue weighted by Crippen LogP contribution is 2.40. The molecule has 30 heavy (non-hydrogen) atoms. The van der Waals surface area contributed by atoms with Crippen molar-refractivity contribution < 1.29 is 14.3 Å². The molecule has 0 unspecified atom stereocenters. The number of hydrogen-bond acceptors (Lipinski definition) is 6. The Bertz CT molecular complexity index is 889. The Hall–Kier alpha value is -2.78. The second-order valence-corrected chi connectivity index (χ2v) is 8.11. The van der Waals surface area contributed by atoms with Crippen LogP contribution in [0.5, 0.6) is 0 Å². The molecule has 1 saturated heterocycles. The second-order valence-electron chi connectivity index (χ2n) is 8.11. The number of imidazole rings is 1. The number of rotatable bonds is 5. The van der Waals surface area contributed by atoms with E-state index in [1.165, 1.54) is 0 Å². The number of fused-ring (bicyclic) bond motifs is 2. The number of carbonyl (C=O) groups excluding carboxylic acids is 2. The van der Waals surface area contributed by atoms with Gasteiger partial charge in [0.1, 0.15) is 11.4 Å². The third-order valence-electron chi connectivity index (χ3n) is 5.84. The van der Waals surface area contributed by atoms with Crippen molar-refractivity contribution in [2.75, 3.05) is 33.7 Å². The zero-order valence-electron chi connectivity index (χ0n) is 17.5. The summed E-state index contributed by atoms with van der Waals surface area (Å²) < 4.78 is 8.44. The number of nitrogens with zero attached hydrogens (tertiary/aromatic N) is 5. The summed E-state index contributed by atoms with van der Waals surface area (Å²) in [5.74, 6) is 0.809. The standard InChI is InChI=1S/C21H28N6O3/c1-25(2)18(28)15-26-10-6-21(7-11-26)20-23-9-12-27(20)14-17(30-21)19(29)24-13-16-5-3-4-8-22-16/h3-5,8-9,12,17H,6-7,10-11,13-15H2,1-2H3,(H,24,29)/t17-/m1/s1. The molecule has 2 aliphatic heterocycles. The van der Waals surface area contributed by atoms with Gasteiger partial charge in [-0.25, -0.2) is 4.98 Å². The number of ether oxygens (including phenoxy) is 1. The van der Waals surface area contributed by atoms with E-state index in [4.69, 9.17) is 4.74 Å². The summed E-state index contributed by atoms with van der Waals surface area (Å²) in [6.07, 6.45) is 6.16. The molecule has 4 rings (SSSR count). The van der Waals surface area contributed by atoms with Gasteiger partial charge in [-0.15, -0.1) is 0 Å². The van der Waals surface area contributed by atoms with Crippen LogP contribution in [-0.2, 0) is 33.0 Å². The van der Waals surface area contributed by atoms with Crippen molar-refractivity contribution in [1.29, 1.82) is 0 Å². The van der Waals surface area contributed by atoms with Crippen molar-refractivity contribution in [3.05, 3.63) is 48.3 Å². The minimum absolute atomic E-state index is 0.0868. The first-order valence-corrected chi connectivity index (χ1v) is 10.3. The minimum Gasteiger partial charge on any atom is -0.352 e. The smallest absolute Gasteiger partial charge is 0.251 e. The largest absolute Gasteiger partial charge is 0.352 e. The molecule has 2 aromatic rings. The molecule has 2 aromatic heterocycles. The zero-order valence-corrected chi connectivity index (χ0v) is 17.5. The number of piperidine rings is 1. The maximum atomic E-state index is 12.9. The second kappa shape index (κ2) is 8.53. The van der Waals surface area contributed by atoms with Crippen molar-refractivity contribution in [2.24, 2.45) is 0 Å². The van der Waals surface area contributed by atoms with Gasteiger partial charge in [0.2, 0.25) is 5.91 Å². The molecule has 2 aliphatic rings. The number of carbonyl (C=O) groups is 2. The van der Waals surface area contributed by atoms with E-state index < -0.39 is 11.7 Å². The lowest BCUT2D eigenvalue weighted by Crippen LogP contribution is -2.54. The number of likely N-dealkylation sites (N-methyl/N-ethyl adjacent to an activating group) is 1. The molecule has 4 heterocycles. The molecule has 0 aliphatic carbocycles. The molecule has 160 valence electrons. The van der Waals surface area contributed by atoms with E-state index in [-0.39, 0.29) is 11.8 Å². The van der Waals surface area contributed by atoms with Crippen LogP contribution in [0.1, 0.15) is 24.4 Å². The first kappa shape index (κ1) is 20.5. The molecule has 1 spiro atoms. The Morgan fingerprint density at radius 1 is 1.23 bits per heavy atom. The van der Waals surface area contributed by atoms with E-state index in [1.54, 1.807) is 31.4 Å². The number of amides is 2. The Labute approximate surface area is 176 Å². The fourth-order valence-electron chi connectivity index (χ4n) is 4.07. The van der Waals surface area contributed by atoms with Crippen LogP contribution in [-0.4, -0.2) is 76.0 Å². The van der Waals surface area contributed by atoms with Crippen molar-refractivity contribution >= 4 is 11.8 Å². The van der Waals surface area contributed by atoms with Crippen LogP contribution >= 0.6 is 0 Å². The highest BCUT2D eigenvalue weighted by molar-refractivity contribution is 5.81. The maximum absolute atomic E-state index is 12.9. The number of hydrogen-bond donors (Lipinski definition) is 1. The van der Waals surface area contributed by atoms with E-state index in [0.29, 0.717) is 45.6 Å². The lowest BCUT2D eigenvalue weighted by Gasteiger charge is -2.45. The van der Waals surface area contributed by atoms with Gasteiger partial charge in [0.25, 0.3) is 5.91 Å². The van der Waals surface area contributed by atoms with E-state index in [0.717, 1.165) is 11.5 Å². The van der Waals surface area contributed by atoms with E-state index in [1.807, 2.05) is 29.0 Å². The summed E-state index contributed by atoms with van der Waals surface area (Å²) >= 11 is 0. The van der Waals surface area contributed by atoms with Gasteiger partial charge in [-0.1, -0.05) is 6.07 Å². The Morgan fingerprint density at radius 2 is 2.03 bits per heavy atom. The third-order valence-corrected chi connectivity index (χ3v) is 5.84. The highest BCUT2D eigenvalue weighted by atomic mass is 16.5. The molecule has 0 aromatic carbocycles. The SMILES string of the molecule is CN(C)C(=O)CN1CCC2(CC1)O[C@@H](C(=O)NCc1ccccn1)Cn1ccnc12. The predicted molar refractivity (Wildman–Crippen MR) is 109 cm³/mol. The molecule has 9 heteroatoms. The van der Waals surface area contributed by atoms with Crippen LogP contribution in [0.15, 0.2) is 36.8 Å². The molecule has 1 N–H and O–H groups in total. The molecular formula is C21H28N6O3. The van der Waals surface area contributed by atoms with Gasteiger partial charge in [0, 0.05) is 45.8 Å². The van der Waals surface area contributed by atoms with Gasteiger partial charge in [0.05, 0.1) is 25.3 Å². The summed E-state index contributed by atoms with van der Waals surface area (Å²) in [5, 5.41) is 2.94. The van der Waals surface area contributed by atoms with Crippen molar-refractivity contribution in [3.63, 3.8) is 0 Å². The normalized spacial score (nSPS) is 20.5. The number of nitrogens with one attached hydrogen (secondary N) is 1. The van der Waals surface area contributed by atoms with Crippen LogP contribution in [0, 0.1) is 0 Å². The van der Waals surface area contributed by atoms with Gasteiger partial charge in [-0.2, -0.15) is 0 Å². The predicted octanol–water partition coefficient (Wildman–Crippen LogP) is 0.373. The van der Waals surface area contributed by atoms with Crippen LogP contribution in [0.4, 0.5) is 0 Å². The maximum Gasteiger partial charge on any atom is 0.251 e. The summed E-state index contributed by atoms with van der Waals surface area (Å²) in [6, 6.07) is 5.62. The van der Waals surface area contributed by atoms with Gasteiger partial charge in [-0.3, -0.25) is 19.5 Å². The molecule has 1 fully saturated rings. The van der Waals surface area contributed by atoms with Crippen molar-refractivity contribution in [1.82, 2.24) is 29.7 Å². The molecule has 0 bridgehead atoms. The molecule has 2 amide bonds. The van der Waals surface area contributed by atoms with Gasteiger partial charge < -0.3 is 19.5 Å². The van der Waals surface area contributed by atoms with Crippen LogP contribution in [0.25, 0.3) is 0 Å². The summed E-state index contributed by atoms with van der Waals surface area (Å²) in [6.45, 7) is 2.63. The van der Waals surface area contributed by atoms with E-state index >= 15 is 0 Å². The molecular weight excluding hydrogens is 384 g/mol. The number of likely N-dealkylation sites (tertiary alicyclic amines) is 1.